The van der Waals surface area contributed by atoms with E-state index in [2.05, 4.69) is 35.1 Å². The van der Waals surface area contributed by atoms with Crippen LogP contribution in [0.4, 0.5) is 5.69 Å². The molecule has 192 valence electrons. The smallest absolute Gasteiger partial charge is 0.246 e. The Morgan fingerprint density at radius 2 is 2.00 bits per heavy atom. The number of ether oxygens (including phenoxy) is 1. The van der Waals surface area contributed by atoms with Gasteiger partial charge in [0, 0.05) is 53.5 Å². The SMILES string of the molecule is COCCN(C(=O)CN1CCC(C)(C)C1=O)c1ccc2cc(-c3n[nH]c4c3CCC(C)(C)C4)[nH]c2c1. The van der Waals surface area contributed by atoms with Gasteiger partial charge in [-0.15, -0.1) is 0 Å². The number of aromatic nitrogens is 3. The average Bonchev–Trinajstić information content (AvgIpc) is 3.49. The number of amides is 2. The fourth-order valence-electron chi connectivity index (χ4n) is 5.51. The van der Waals surface area contributed by atoms with E-state index in [1.54, 1.807) is 16.9 Å². The molecule has 8 heteroatoms. The molecule has 0 bridgehead atoms. The van der Waals surface area contributed by atoms with Gasteiger partial charge < -0.3 is 19.5 Å². The topological polar surface area (TPSA) is 94.3 Å². The third kappa shape index (κ3) is 4.54. The summed E-state index contributed by atoms with van der Waals surface area (Å²) in [6.45, 7) is 10.0. The standard InChI is InChI=1S/C28H37N5O3/c1-27(2)9-8-20-23(16-27)30-31-25(20)22-14-18-6-7-19(15-21(18)29-22)33(12-13-36-5)24(34)17-32-11-10-28(3,4)26(32)35/h6-7,14-15,29H,8-13,16-17H2,1-5H3,(H,30,31). The van der Waals surface area contributed by atoms with Crippen LogP contribution in [0.5, 0.6) is 0 Å². The minimum Gasteiger partial charge on any atom is -0.383 e. The van der Waals surface area contributed by atoms with Crippen molar-refractivity contribution in [2.45, 2.75) is 53.4 Å². The number of hydrogen-bond donors (Lipinski definition) is 2. The molecule has 1 aliphatic heterocycles. The average molecular weight is 492 g/mol. The number of rotatable bonds is 7. The highest BCUT2D eigenvalue weighted by Crippen LogP contribution is 2.38. The number of aromatic amines is 2. The maximum atomic E-state index is 13.4. The lowest BCUT2D eigenvalue weighted by atomic mass is 9.76. The van der Waals surface area contributed by atoms with Crippen molar-refractivity contribution < 1.29 is 14.3 Å². The third-order valence-corrected chi connectivity index (χ3v) is 7.85. The van der Waals surface area contributed by atoms with Crippen LogP contribution < -0.4 is 4.90 Å². The van der Waals surface area contributed by atoms with Crippen molar-refractivity contribution in [1.29, 1.82) is 0 Å². The zero-order chi connectivity index (χ0) is 25.7. The number of anilines is 1. The number of nitrogens with one attached hydrogen (secondary N) is 2. The second-order valence-corrected chi connectivity index (χ2v) is 11.7. The first kappa shape index (κ1) is 24.6. The Labute approximate surface area is 212 Å². The van der Waals surface area contributed by atoms with Gasteiger partial charge in [-0.2, -0.15) is 5.10 Å². The molecule has 1 aromatic carbocycles. The molecule has 0 unspecified atom stereocenters. The summed E-state index contributed by atoms with van der Waals surface area (Å²) in [5.41, 5.74) is 6.13. The summed E-state index contributed by atoms with van der Waals surface area (Å²) in [6, 6.07) is 8.13. The quantitative estimate of drug-likeness (QED) is 0.515. The first-order valence-electron chi connectivity index (χ1n) is 12.9. The first-order valence-corrected chi connectivity index (χ1v) is 12.9. The van der Waals surface area contributed by atoms with Crippen molar-refractivity contribution in [2.75, 3.05) is 38.3 Å². The van der Waals surface area contributed by atoms with Crippen molar-refractivity contribution in [3.05, 3.63) is 35.5 Å². The van der Waals surface area contributed by atoms with Crippen LogP contribution in [-0.4, -0.2) is 65.2 Å². The van der Waals surface area contributed by atoms with Gasteiger partial charge in [-0.05, 0) is 49.3 Å². The van der Waals surface area contributed by atoms with Crippen LogP contribution in [-0.2, 0) is 27.2 Å². The number of benzene rings is 1. The molecule has 0 atom stereocenters. The number of carbonyl (C=O) groups is 2. The number of nitrogens with zero attached hydrogens (tertiary/aromatic N) is 3. The zero-order valence-electron chi connectivity index (χ0n) is 22.0. The first-order chi connectivity index (χ1) is 17.1. The summed E-state index contributed by atoms with van der Waals surface area (Å²) in [5.74, 6) is -0.0639. The largest absolute Gasteiger partial charge is 0.383 e. The maximum absolute atomic E-state index is 13.4. The van der Waals surface area contributed by atoms with E-state index in [1.807, 2.05) is 32.0 Å². The number of likely N-dealkylation sites (tertiary alicyclic amines) is 1. The van der Waals surface area contributed by atoms with Gasteiger partial charge in [0.2, 0.25) is 11.8 Å². The van der Waals surface area contributed by atoms with Gasteiger partial charge in [-0.25, -0.2) is 0 Å². The predicted molar refractivity (Wildman–Crippen MR) is 141 cm³/mol. The molecule has 36 heavy (non-hydrogen) atoms. The molecule has 0 saturated carbocycles. The normalized spacial score (nSPS) is 18.6. The van der Waals surface area contributed by atoms with Crippen molar-refractivity contribution in [1.82, 2.24) is 20.1 Å². The molecule has 2 aromatic heterocycles. The molecular weight excluding hydrogens is 454 g/mol. The van der Waals surface area contributed by atoms with Crippen LogP contribution in [0.25, 0.3) is 22.3 Å². The molecular formula is C28H37N5O3. The molecule has 5 rings (SSSR count). The predicted octanol–water partition coefficient (Wildman–Crippen LogP) is 4.31. The lowest BCUT2D eigenvalue weighted by Crippen LogP contribution is -2.43. The second kappa shape index (κ2) is 9.07. The number of hydrogen-bond acceptors (Lipinski definition) is 4. The fourth-order valence-corrected chi connectivity index (χ4v) is 5.51. The van der Waals surface area contributed by atoms with Gasteiger partial charge in [0.25, 0.3) is 0 Å². The molecule has 2 N–H and O–H groups in total. The monoisotopic (exact) mass is 491 g/mol. The van der Waals surface area contributed by atoms with E-state index in [4.69, 9.17) is 4.74 Å². The number of carbonyl (C=O) groups excluding carboxylic acids is 2. The van der Waals surface area contributed by atoms with Crippen LogP contribution in [0.2, 0.25) is 0 Å². The summed E-state index contributed by atoms with van der Waals surface area (Å²) in [4.78, 5) is 33.0. The highest BCUT2D eigenvalue weighted by molar-refractivity contribution is 5.99. The van der Waals surface area contributed by atoms with E-state index in [1.165, 1.54) is 11.3 Å². The van der Waals surface area contributed by atoms with E-state index in [-0.39, 0.29) is 18.4 Å². The molecule has 3 aromatic rings. The Morgan fingerprint density at radius 1 is 1.19 bits per heavy atom. The summed E-state index contributed by atoms with van der Waals surface area (Å²) >= 11 is 0. The van der Waals surface area contributed by atoms with Gasteiger partial charge in [0.1, 0.15) is 12.2 Å². The third-order valence-electron chi connectivity index (χ3n) is 7.85. The molecule has 1 aliphatic carbocycles. The molecule has 0 radical (unpaired) electrons. The van der Waals surface area contributed by atoms with Gasteiger partial charge in [0.05, 0.1) is 12.3 Å². The van der Waals surface area contributed by atoms with E-state index in [0.717, 1.165) is 53.7 Å². The molecule has 1 saturated heterocycles. The van der Waals surface area contributed by atoms with Crippen LogP contribution in [0, 0.1) is 10.8 Å². The highest BCUT2D eigenvalue weighted by Gasteiger charge is 2.39. The lowest BCUT2D eigenvalue weighted by Gasteiger charge is -2.28. The van der Waals surface area contributed by atoms with Gasteiger partial charge >= 0.3 is 0 Å². The molecule has 0 spiro atoms. The molecule has 2 amide bonds. The molecule has 3 heterocycles. The number of H-pyrrole nitrogens is 2. The molecule has 2 aliphatic rings. The zero-order valence-corrected chi connectivity index (χ0v) is 22.0. The van der Waals surface area contributed by atoms with Crippen molar-refractivity contribution >= 4 is 28.4 Å². The van der Waals surface area contributed by atoms with Gasteiger partial charge in [0.15, 0.2) is 0 Å². The number of methoxy groups -OCH3 is 1. The molecule has 1 fully saturated rings. The minimum absolute atomic E-state index is 0.0396. The van der Waals surface area contributed by atoms with Crippen LogP contribution >= 0.6 is 0 Å². The Kier molecular flexibility index (Phi) is 6.19. The van der Waals surface area contributed by atoms with E-state index >= 15 is 0 Å². The van der Waals surface area contributed by atoms with Crippen molar-refractivity contribution in [3.63, 3.8) is 0 Å². The van der Waals surface area contributed by atoms with Crippen LogP contribution in [0.1, 0.15) is 51.8 Å². The van der Waals surface area contributed by atoms with Crippen molar-refractivity contribution in [3.8, 4) is 11.4 Å². The lowest BCUT2D eigenvalue weighted by molar-refractivity contribution is -0.137. The Hall–Kier alpha value is -3.13. The maximum Gasteiger partial charge on any atom is 0.246 e. The van der Waals surface area contributed by atoms with Gasteiger partial charge in [-0.3, -0.25) is 14.7 Å². The minimum atomic E-state index is -0.404. The van der Waals surface area contributed by atoms with E-state index in [0.29, 0.717) is 25.1 Å². The Balaban J connectivity index is 1.41. The van der Waals surface area contributed by atoms with Gasteiger partial charge in [-0.1, -0.05) is 33.8 Å². The van der Waals surface area contributed by atoms with Crippen LogP contribution in [0.15, 0.2) is 24.3 Å². The Morgan fingerprint density at radius 3 is 2.72 bits per heavy atom. The summed E-state index contributed by atoms with van der Waals surface area (Å²) in [6.07, 6.45) is 3.93. The summed E-state index contributed by atoms with van der Waals surface area (Å²) in [5, 5.41) is 8.99. The van der Waals surface area contributed by atoms with Crippen molar-refractivity contribution in [2.24, 2.45) is 10.8 Å². The Bertz CT molecular complexity index is 1300. The summed E-state index contributed by atoms with van der Waals surface area (Å²) < 4.78 is 5.28. The summed E-state index contributed by atoms with van der Waals surface area (Å²) in [7, 11) is 1.63. The van der Waals surface area contributed by atoms with Crippen LogP contribution in [0.3, 0.4) is 0 Å². The highest BCUT2D eigenvalue weighted by atomic mass is 16.5. The number of fused-ring (bicyclic) bond motifs is 2. The van der Waals surface area contributed by atoms with E-state index in [9.17, 15) is 9.59 Å². The molecule has 8 nitrogen and oxygen atoms in total. The fraction of sp³-hybridized carbons (Fsp3) is 0.536. The van der Waals surface area contributed by atoms with E-state index < -0.39 is 5.41 Å². The second-order valence-electron chi connectivity index (χ2n) is 11.7.